The first-order valence-corrected chi connectivity index (χ1v) is 7.91. The van der Waals surface area contributed by atoms with Crippen LogP contribution in [0.2, 0.25) is 0 Å². The summed E-state index contributed by atoms with van der Waals surface area (Å²) in [6.45, 7) is 4.61. The Morgan fingerprint density at radius 3 is 2.74 bits per heavy atom. The zero-order chi connectivity index (χ0) is 13.8. The van der Waals surface area contributed by atoms with E-state index in [0.29, 0.717) is 22.8 Å². The second kappa shape index (κ2) is 6.43. The number of thioether (sulfide) groups is 1. The van der Waals surface area contributed by atoms with Crippen molar-refractivity contribution in [2.45, 2.75) is 44.4 Å². The maximum Gasteiger partial charge on any atom is 0.219 e. The Morgan fingerprint density at radius 2 is 2.11 bits per heavy atom. The maximum absolute atomic E-state index is 6.00. The summed E-state index contributed by atoms with van der Waals surface area (Å²) in [5.41, 5.74) is 2.55. The van der Waals surface area contributed by atoms with Crippen LogP contribution < -0.4 is 16.0 Å². The molecular weight excluding hydrogens is 260 g/mol. The lowest BCUT2D eigenvalue weighted by Crippen LogP contribution is -2.29. The highest BCUT2D eigenvalue weighted by Gasteiger charge is 2.26. The first-order valence-electron chi connectivity index (χ1n) is 6.68. The van der Waals surface area contributed by atoms with Crippen LogP contribution in [0.4, 0.5) is 5.82 Å². The molecule has 0 bridgehead atoms. The Hall–Kier alpha value is -1.01. The molecule has 0 aromatic carbocycles. The highest BCUT2D eigenvalue weighted by atomic mass is 32.2. The van der Waals surface area contributed by atoms with Gasteiger partial charge in [0, 0.05) is 6.07 Å². The first-order chi connectivity index (χ1) is 9.12. The van der Waals surface area contributed by atoms with Gasteiger partial charge in [-0.1, -0.05) is 25.6 Å². The molecule has 6 heteroatoms. The summed E-state index contributed by atoms with van der Waals surface area (Å²) in [7, 11) is 0. The predicted octanol–water partition coefficient (Wildman–Crippen LogP) is 2.69. The van der Waals surface area contributed by atoms with Gasteiger partial charge in [-0.3, -0.25) is 0 Å². The number of rotatable bonds is 4. The molecule has 0 radical (unpaired) electrons. The SMILES string of the molecule is CSc1nc(NN)cc(OC2CCC(C)C(C)C2)n1. The second-order valence-electron chi connectivity index (χ2n) is 5.23. The molecule has 3 atom stereocenters. The van der Waals surface area contributed by atoms with E-state index in [-0.39, 0.29) is 6.10 Å². The normalized spacial score (nSPS) is 27.1. The molecule has 1 aliphatic carbocycles. The molecular formula is C13H22N4OS. The van der Waals surface area contributed by atoms with Gasteiger partial charge in [0.15, 0.2) is 5.16 Å². The molecule has 0 saturated heterocycles. The molecule has 5 nitrogen and oxygen atoms in total. The van der Waals surface area contributed by atoms with Crippen molar-refractivity contribution in [3.05, 3.63) is 6.07 Å². The minimum absolute atomic E-state index is 0.251. The largest absolute Gasteiger partial charge is 0.474 e. The molecule has 0 spiro atoms. The number of nitrogens with one attached hydrogen (secondary N) is 1. The molecule has 1 saturated carbocycles. The van der Waals surface area contributed by atoms with Crippen LogP contribution >= 0.6 is 11.8 Å². The summed E-state index contributed by atoms with van der Waals surface area (Å²) in [5.74, 6) is 8.10. The zero-order valence-corrected chi connectivity index (χ0v) is 12.5. The average Bonchev–Trinajstić information content (AvgIpc) is 2.42. The Balaban J connectivity index is 2.06. The molecule has 1 heterocycles. The van der Waals surface area contributed by atoms with Gasteiger partial charge in [-0.05, 0) is 37.4 Å². The van der Waals surface area contributed by atoms with Gasteiger partial charge in [-0.25, -0.2) is 10.8 Å². The van der Waals surface area contributed by atoms with Gasteiger partial charge in [-0.2, -0.15) is 4.98 Å². The van der Waals surface area contributed by atoms with Crippen molar-refractivity contribution in [2.24, 2.45) is 17.7 Å². The molecule has 0 amide bonds. The van der Waals surface area contributed by atoms with Crippen LogP contribution in [0.3, 0.4) is 0 Å². The Morgan fingerprint density at radius 1 is 1.32 bits per heavy atom. The van der Waals surface area contributed by atoms with E-state index in [2.05, 4.69) is 29.2 Å². The third-order valence-corrected chi connectivity index (χ3v) is 4.40. The van der Waals surface area contributed by atoms with Gasteiger partial charge >= 0.3 is 0 Å². The summed E-state index contributed by atoms with van der Waals surface area (Å²) in [4.78, 5) is 8.60. The third kappa shape index (κ3) is 3.73. The predicted molar refractivity (Wildman–Crippen MR) is 78.2 cm³/mol. The Kier molecular flexibility index (Phi) is 4.87. The van der Waals surface area contributed by atoms with E-state index in [1.807, 2.05) is 6.26 Å². The molecule has 3 unspecified atom stereocenters. The number of hydrazine groups is 1. The van der Waals surface area contributed by atoms with Crippen molar-refractivity contribution in [1.82, 2.24) is 9.97 Å². The minimum Gasteiger partial charge on any atom is -0.474 e. The van der Waals surface area contributed by atoms with Crippen molar-refractivity contribution in [3.8, 4) is 5.88 Å². The van der Waals surface area contributed by atoms with E-state index >= 15 is 0 Å². The summed E-state index contributed by atoms with van der Waals surface area (Å²) >= 11 is 1.48. The van der Waals surface area contributed by atoms with Crippen molar-refractivity contribution in [2.75, 3.05) is 11.7 Å². The number of hydrogen-bond acceptors (Lipinski definition) is 6. The lowest BCUT2D eigenvalue weighted by molar-refractivity contribution is 0.0957. The van der Waals surface area contributed by atoms with Crippen LogP contribution in [0.1, 0.15) is 33.1 Å². The average molecular weight is 282 g/mol. The van der Waals surface area contributed by atoms with Gasteiger partial charge in [0.2, 0.25) is 5.88 Å². The highest BCUT2D eigenvalue weighted by molar-refractivity contribution is 7.98. The van der Waals surface area contributed by atoms with E-state index in [4.69, 9.17) is 10.6 Å². The highest BCUT2D eigenvalue weighted by Crippen LogP contribution is 2.32. The molecule has 3 N–H and O–H groups in total. The molecule has 19 heavy (non-hydrogen) atoms. The first kappa shape index (κ1) is 14.4. The lowest BCUT2D eigenvalue weighted by Gasteiger charge is -2.31. The van der Waals surface area contributed by atoms with Gasteiger partial charge in [0.25, 0.3) is 0 Å². The van der Waals surface area contributed by atoms with E-state index < -0.39 is 0 Å². The number of anilines is 1. The quantitative estimate of drug-likeness (QED) is 0.383. The van der Waals surface area contributed by atoms with Crippen LogP contribution in [-0.2, 0) is 0 Å². The number of nitrogens with zero attached hydrogens (tertiary/aromatic N) is 2. The zero-order valence-electron chi connectivity index (χ0n) is 11.7. The van der Waals surface area contributed by atoms with Gasteiger partial charge in [0.05, 0.1) is 0 Å². The third-order valence-electron chi connectivity index (χ3n) is 3.85. The van der Waals surface area contributed by atoms with E-state index in [0.717, 1.165) is 18.8 Å². The fraction of sp³-hybridized carbons (Fsp3) is 0.692. The number of nitrogens with two attached hydrogens (primary N) is 1. The van der Waals surface area contributed by atoms with Crippen LogP contribution in [0, 0.1) is 11.8 Å². The molecule has 1 fully saturated rings. The van der Waals surface area contributed by atoms with Crippen molar-refractivity contribution in [3.63, 3.8) is 0 Å². The van der Waals surface area contributed by atoms with E-state index in [1.165, 1.54) is 18.2 Å². The maximum atomic E-state index is 6.00. The van der Waals surface area contributed by atoms with Crippen LogP contribution in [0.5, 0.6) is 5.88 Å². The van der Waals surface area contributed by atoms with Crippen LogP contribution in [0.15, 0.2) is 11.2 Å². The number of ether oxygens (including phenoxy) is 1. The lowest BCUT2D eigenvalue weighted by atomic mass is 9.80. The summed E-state index contributed by atoms with van der Waals surface area (Å²) in [6.07, 6.45) is 5.58. The second-order valence-corrected chi connectivity index (χ2v) is 6.00. The fourth-order valence-electron chi connectivity index (χ4n) is 2.41. The number of nitrogen functional groups attached to an aromatic ring is 1. The van der Waals surface area contributed by atoms with Gasteiger partial charge in [0.1, 0.15) is 11.9 Å². The smallest absolute Gasteiger partial charge is 0.219 e. The van der Waals surface area contributed by atoms with Crippen molar-refractivity contribution >= 4 is 17.6 Å². The monoisotopic (exact) mass is 282 g/mol. The molecule has 1 aromatic rings. The molecule has 106 valence electrons. The molecule has 1 aromatic heterocycles. The van der Waals surface area contributed by atoms with Crippen molar-refractivity contribution in [1.29, 1.82) is 0 Å². The van der Waals surface area contributed by atoms with E-state index in [1.54, 1.807) is 6.07 Å². The fourth-order valence-corrected chi connectivity index (χ4v) is 2.78. The summed E-state index contributed by atoms with van der Waals surface area (Å²) in [6, 6.07) is 1.75. The topological polar surface area (TPSA) is 73.1 Å². The minimum atomic E-state index is 0.251. The molecule has 2 rings (SSSR count). The van der Waals surface area contributed by atoms with Crippen LogP contribution in [-0.4, -0.2) is 22.3 Å². The molecule has 0 aliphatic heterocycles. The summed E-state index contributed by atoms with van der Waals surface area (Å²) < 4.78 is 6.00. The van der Waals surface area contributed by atoms with Gasteiger partial charge < -0.3 is 10.2 Å². The van der Waals surface area contributed by atoms with Crippen LogP contribution in [0.25, 0.3) is 0 Å². The standard InChI is InChI=1S/C13H22N4OS/c1-8-4-5-10(6-9(8)2)18-12-7-11(17-14)15-13(16-12)19-3/h7-10H,4-6,14H2,1-3H3,(H,15,16,17). The summed E-state index contributed by atoms with van der Waals surface area (Å²) in [5, 5.41) is 0.669. The Labute approximate surface area is 118 Å². The van der Waals surface area contributed by atoms with Gasteiger partial charge in [-0.15, -0.1) is 0 Å². The number of aromatic nitrogens is 2. The van der Waals surface area contributed by atoms with Crippen molar-refractivity contribution < 1.29 is 4.74 Å². The number of hydrogen-bond donors (Lipinski definition) is 2. The Bertz CT molecular complexity index is 407. The molecule has 1 aliphatic rings. The van der Waals surface area contributed by atoms with E-state index in [9.17, 15) is 0 Å².